The van der Waals surface area contributed by atoms with Crippen LogP contribution < -0.4 is 10.6 Å². The molecule has 3 atom stereocenters. The van der Waals surface area contributed by atoms with Gasteiger partial charge in [0.2, 0.25) is 0 Å². The van der Waals surface area contributed by atoms with Gasteiger partial charge in [0, 0.05) is 24.7 Å². The Bertz CT molecular complexity index is 232. The first-order valence-electron chi connectivity index (χ1n) is 8.71. The molecule has 0 aromatic carbocycles. The molecule has 0 amide bonds. The summed E-state index contributed by atoms with van der Waals surface area (Å²) < 4.78 is 0. The van der Waals surface area contributed by atoms with Crippen LogP contribution in [0.5, 0.6) is 0 Å². The number of rotatable bonds is 9. The number of hydrogen-bond acceptors (Lipinski definition) is 3. The maximum Gasteiger partial charge on any atom is 0.0242 e. The molecule has 3 nitrogen and oxygen atoms in total. The van der Waals surface area contributed by atoms with Crippen LogP contribution >= 0.6 is 0 Å². The SMILES string of the molecule is CCC(CC)C(CNC(C)CC1CCCCN1)N(C)C. The molecule has 3 heteroatoms. The van der Waals surface area contributed by atoms with Gasteiger partial charge in [0.05, 0.1) is 0 Å². The molecule has 3 unspecified atom stereocenters. The summed E-state index contributed by atoms with van der Waals surface area (Å²) in [6, 6.07) is 2.01. The predicted molar refractivity (Wildman–Crippen MR) is 89.3 cm³/mol. The molecule has 2 N–H and O–H groups in total. The Hall–Kier alpha value is -0.120. The van der Waals surface area contributed by atoms with Crippen LogP contribution in [-0.2, 0) is 0 Å². The zero-order valence-electron chi connectivity index (χ0n) is 14.4. The second kappa shape index (κ2) is 9.75. The lowest BCUT2D eigenvalue weighted by molar-refractivity contribution is 0.187. The van der Waals surface area contributed by atoms with E-state index in [1.165, 1.54) is 45.1 Å². The minimum atomic E-state index is 0.613. The molecule has 0 radical (unpaired) electrons. The number of nitrogens with one attached hydrogen (secondary N) is 2. The van der Waals surface area contributed by atoms with Crippen molar-refractivity contribution in [1.29, 1.82) is 0 Å². The van der Waals surface area contributed by atoms with E-state index in [2.05, 4.69) is 50.4 Å². The summed E-state index contributed by atoms with van der Waals surface area (Å²) in [5, 5.41) is 7.43. The number of piperidine rings is 1. The van der Waals surface area contributed by atoms with Crippen molar-refractivity contribution in [3.63, 3.8) is 0 Å². The summed E-state index contributed by atoms with van der Waals surface area (Å²) in [5.74, 6) is 0.803. The zero-order valence-corrected chi connectivity index (χ0v) is 14.4. The lowest BCUT2D eigenvalue weighted by atomic mass is 9.92. The second-order valence-electron chi connectivity index (χ2n) is 6.80. The molecule has 1 aliphatic rings. The van der Waals surface area contributed by atoms with Gasteiger partial charge in [0.25, 0.3) is 0 Å². The fourth-order valence-corrected chi connectivity index (χ4v) is 3.56. The van der Waals surface area contributed by atoms with Crippen molar-refractivity contribution in [2.75, 3.05) is 27.2 Å². The molecular weight excluding hydrogens is 246 g/mol. The molecule has 1 saturated heterocycles. The molecule has 120 valence electrons. The summed E-state index contributed by atoms with van der Waals surface area (Å²) >= 11 is 0. The number of likely N-dealkylation sites (N-methyl/N-ethyl adjacent to an activating group) is 1. The van der Waals surface area contributed by atoms with E-state index < -0.39 is 0 Å². The molecule has 1 heterocycles. The minimum Gasteiger partial charge on any atom is -0.314 e. The molecule has 0 aromatic heterocycles. The van der Waals surface area contributed by atoms with Gasteiger partial charge in [-0.1, -0.05) is 33.1 Å². The van der Waals surface area contributed by atoms with Crippen molar-refractivity contribution in [2.24, 2.45) is 5.92 Å². The average molecular weight is 284 g/mol. The van der Waals surface area contributed by atoms with Crippen molar-refractivity contribution in [3.8, 4) is 0 Å². The molecule has 0 aromatic rings. The third kappa shape index (κ3) is 6.11. The van der Waals surface area contributed by atoms with E-state index in [0.717, 1.165) is 18.5 Å². The minimum absolute atomic E-state index is 0.613. The Labute approximate surface area is 126 Å². The zero-order chi connectivity index (χ0) is 15.0. The van der Waals surface area contributed by atoms with Gasteiger partial charge in [-0.25, -0.2) is 0 Å². The fraction of sp³-hybridized carbons (Fsp3) is 1.00. The smallest absolute Gasteiger partial charge is 0.0242 e. The van der Waals surface area contributed by atoms with Crippen molar-refractivity contribution in [3.05, 3.63) is 0 Å². The van der Waals surface area contributed by atoms with Crippen molar-refractivity contribution in [1.82, 2.24) is 15.5 Å². The van der Waals surface area contributed by atoms with Crippen molar-refractivity contribution < 1.29 is 0 Å². The van der Waals surface area contributed by atoms with Crippen LogP contribution in [0.4, 0.5) is 0 Å². The Kier molecular flexibility index (Phi) is 8.74. The summed E-state index contributed by atoms with van der Waals surface area (Å²) in [5.41, 5.74) is 0. The van der Waals surface area contributed by atoms with Crippen LogP contribution in [0.25, 0.3) is 0 Å². The lowest BCUT2D eigenvalue weighted by Crippen LogP contribution is -2.47. The van der Waals surface area contributed by atoms with Gasteiger partial charge in [-0.05, 0) is 52.7 Å². The van der Waals surface area contributed by atoms with Crippen LogP contribution in [0.15, 0.2) is 0 Å². The largest absolute Gasteiger partial charge is 0.314 e. The molecule has 1 rings (SSSR count). The van der Waals surface area contributed by atoms with E-state index in [0.29, 0.717) is 12.1 Å². The van der Waals surface area contributed by atoms with Crippen molar-refractivity contribution in [2.45, 2.75) is 77.4 Å². The van der Waals surface area contributed by atoms with E-state index in [-0.39, 0.29) is 0 Å². The summed E-state index contributed by atoms with van der Waals surface area (Å²) in [6.45, 7) is 9.31. The Balaban J connectivity index is 2.33. The highest BCUT2D eigenvalue weighted by molar-refractivity contribution is 4.81. The van der Waals surface area contributed by atoms with Crippen LogP contribution in [0.1, 0.15) is 59.3 Å². The van der Waals surface area contributed by atoms with E-state index >= 15 is 0 Å². The molecule has 0 bridgehead atoms. The van der Waals surface area contributed by atoms with Gasteiger partial charge in [-0.3, -0.25) is 0 Å². The lowest BCUT2D eigenvalue weighted by Gasteiger charge is -2.33. The highest BCUT2D eigenvalue weighted by atomic mass is 15.1. The average Bonchev–Trinajstić information content (AvgIpc) is 2.44. The Morgan fingerprint density at radius 1 is 1.20 bits per heavy atom. The van der Waals surface area contributed by atoms with E-state index in [1.807, 2.05) is 0 Å². The number of nitrogens with zero attached hydrogens (tertiary/aromatic N) is 1. The van der Waals surface area contributed by atoms with Crippen LogP contribution in [0.3, 0.4) is 0 Å². The Morgan fingerprint density at radius 2 is 1.90 bits per heavy atom. The number of hydrogen-bond donors (Lipinski definition) is 2. The molecular formula is C17H37N3. The van der Waals surface area contributed by atoms with Gasteiger partial charge in [-0.2, -0.15) is 0 Å². The standard InChI is InChI=1S/C17H37N3/c1-6-15(7-2)17(20(4)5)13-19-14(3)12-16-10-8-9-11-18-16/h14-19H,6-13H2,1-5H3. The summed E-state index contributed by atoms with van der Waals surface area (Å²) in [4.78, 5) is 2.40. The maximum absolute atomic E-state index is 3.78. The molecule has 0 saturated carbocycles. The first-order valence-corrected chi connectivity index (χ1v) is 8.71. The highest BCUT2D eigenvalue weighted by Crippen LogP contribution is 2.17. The first kappa shape index (κ1) is 17.9. The quantitative estimate of drug-likeness (QED) is 0.681. The van der Waals surface area contributed by atoms with E-state index in [4.69, 9.17) is 0 Å². The first-order chi connectivity index (χ1) is 9.58. The fourth-order valence-electron chi connectivity index (χ4n) is 3.56. The monoisotopic (exact) mass is 283 g/mol. The molecule has 1 fully saturated rings. The summed E-state index contributed by atoms with van der Waals surface area (Å²) in [6.07, 6.45) is 7.94. The van der Waals surface area contributed by atoms with Crippen LogP contribution in [-0.4, -0.2) is 50.2 Å². The van der Waals surface area contributed by atoms with Gasteiger partial charge in [0.1, 0.15) is 0 Å². The van der Waals surface area contributed by atoms with Gasteiger partial charge >= 0.3 is 0 Å². The third-order valence-electron chi connectivity index (χ3n) is 4.98. The third-order valence-corrected chi connectivity index (χ3v) is 4.98. The molecule has 0 spiro atoms. The van der Waals surface area contributed by atoms with Gasteiger partial charge < -0.3 is 15.5 Å². The molecule has 20 heavy (non-hydrogen) atoms. The Morgan fingerprint density at radius 3 is 2.40 bits per heavy atom. The van der Waals surface area contributed by atoms with Gasteiger partial charge in [-0.15, -0.1) is 0 Å². The van der Waals surface area contributed by atoms with E-state index in [9.17, 15) is 0 Å². The second-order valence-corrected chi connectivity index (χ2v) is 6.80. The highest BCUT2D eigenvalue weighted by Gasteiger charge is 2.22. The molecule has 1 aliphatic heterocycles. The molecule has 0 aliphatic carbocycles. The maximum atomic E-state index is 3.78. The normalized spacial score (nSPS) is 23.2. The van der Waals surface area contributed by atoms with E-state index in [1.54, 1.807) is 0 Å². The summed E-state index contributed by atoms with van der Waals surface area (Å²) in [7, 11) is 4.44. The van der Waals surface area contributed by atoms with Crippen LogP contribution in [0.2, 0.25) is 0 Å². The van der Waals surface area contributed by atoms with Crippen molar-refractivity contribution >= 4 is 0 Å². The predicted octanol–water partition coefficient (Wildman–Crippen LogP) is 2.86. The van der Waals surface area contributed by atoms with Gasteiger partial charge in [0.15, 0.2) is 0 Å². The van der Waals surface area contributed by atoms with Crippen LogP contribution in [0, 0.1) is 5.92 Å². The topological polar surface area (TPSA) is 27.3 Å².